The van der Waals surface area contributed by atoms with Crippen molar-refractivity contribution in [3.8, 4) is 5.75 Å². The van der Waals surface area contributed by atoms with Crippen molar-refractivity contribution >= 4 is 34.5 Å². The van der Waals surface area contributed by atoms with Crippen LogP contribution in [0.1, 0.15) is 27.2 Å². The number of rotatable bonds is 7. The zero-order valence-corrected chi connectivity index (χ0v) is 21.0. The number of carbonyl (C=O) groups excluding carboxylic acids is 3. The van der Waals surface area contributed by atoms with Crippen molar-refractivity contribution in [1.82, 2.24) is 14.9 Å². The SMILES string of the molecule is COC(=O)c1nc(NC(=O)C(=O)N(C)C)c2cc(Cc3ccc(F)cc3)cnc2c1OCc1ccccc1. The second kappa shape index (κ2) is 11.5. The van der Waals surface area contributed by atoms with E-state index in [9.17, 15) is 18.8 Å². The first-order valence-electron chi connectivity index (χ1n) is 11.6. The maximum Gasteiger partial charge on any atom is 0.360 e. The molecule has 2 aromatic carbocycles. The van der Waals surface area contributed by atoms with Gasteiger partial charge in [0, 0.05) is 25.7 Å². The summed E-state index contributed by atoms with van der Waals surface area (Å²) in [5, 5.41) is 2.84. The van der Waals surface area contributed by atoms with E-state index in [1.165, 1.54) is 33.3 Å². The van der Waals surface area contributed by atoms with Crippen LogP contribution in [0.15, 0.2) is 66.9 Å². The van der Waals surface area contributed by atoms with E-state index >= 15 is 0 Å². The molecule has 0 saturated heterocycles. The van der Waals surface area contributed by atoms with Crippen LogP contribution >= 0.6 is 0 Å². The maximum atomic E-state index is 13.4. The predicted molar refractivity (Wildman–Crippen MR) is 138 cm³/mol. The maximum absolute atomic E-state index is 13.4. The fourth-order valence-electron chi connectivity index (χ4n) is 3.70. The Balaban J connectivity index is 1.84. The van der Waals surface area contributed by atoms with Gasteiger partial charge >= 0.3 is 17.8 Å². The lowest BCUT2D eigenvalue weighted by Gasteiger charge is -2.17. The minimum absolute atomic E-state index is 0.0545. The number of nitrogens with zero attached hydrogens (tertiary/aromatic N) is 3. The van der Waals surface area contributed by atoms with Gasteiger partial charge in [-0.1, -0.05) is 42.5 Å². The minimum Gasteiger partial charge on any atom is -0.484 e. The smallest absolute Gasteiger partial charge is 0.360 e. The van der Waals surface area contributed by atoms with Crippen LogP contribution < -0.4 is 10.1 Å². The summed E-state index contributed by atoms with van der Waals surface area (Å²) < 4.78 is 24.3. The number of likely N-dealkylation sites (N-methyl/N-ethyl adjacent to an activating group) is 1. The van der Waals surface area contributed by atoms with E-state index in [4.69, 9.17) is 9.47 Å². The fourth-order valence-corrected chi connectivity index (χ4v) is 3.70. The third-order valence-corrected chi connectivity index (χ3v) is 5.61. The van der Waals surface area contributed by atoms with E-state index in [2.05, 4.69) is 15.3 Å². The molecule has 4 aromatic rings. The average molecular weight is 517 g/mol. The number of carbonyl (C=O) groups is 3. The lowest BCUT2D eigenvalue weighted by molar-refractivity contribution is -0.141. The van der Waals surface area contributed by atoms with Gasteiger partial charge in [-0.2, -0.15) is 0 Å². The molecule has 0 atom stereocenters. The number of halogens is 1. The van der Waals surface area contributed by atoms with Crippen molar-refractivity contribution in [3.05, 3.63) is 95.1 Å². The van der Waals surface area contributed by atoms with Crippen LogP contribution in [0, 0.1) is 5.82 Å². The summed E-state index contributed by atoms with van der Waals surface area (Å²) in [5.41, 5.74) is 2.44. The van der Waals surface area contributed by atoms with Gasteiger partial charge in [0.1, 0.15) is 23.8 Å². The Hall–Kier alpha value is -4.86. The number of amides is 2. The van der Waals surface area contributed by atoms with Crippen LogP contribution in [0.25, 0.3) is 10.9 Å². The molecule has 2 aromatic heterocycles. The molecule has 2 amide bonds. The van der Waals surface area contributed by atoms with Crippen molar-refractivity contribution in [2.24, 2.45) is 0 Å². The van der Waals surface area contributed by atoms with Crippen molar-refractivity contribution in [1.29, 1.82) is 0 Å². The zero-order chi connectivity index (χ0) is 27.2. The molecule has 1 N–H and O–H groups in total. The molecular formula is C28H25FN4O5. The van der Waals surface area contributed by atoms with Gasteiger partial charge in [-0.3, -0.25) is 14.6 Å². The summed E-state index contributed by atoms with van der Waals surface area (Å²) in [4.78, 5) is 47.5. The first-order valence-corrected chi connectivity index (χ1v) is 11.6. The van der Waals surface area contributed by atoms with Crippen molar-refractivity contribution < 1.29 is 28.2 Å². The number of hydrogen-bond acceptors (Lipinski definition) is 7. The van der Waals surface area contributed by atoms with Crippen LogP contribution in [0.5, 0.6) is 5.75 Å². The lowest BCUT2D eigenvalue weighted by Crippen LogP contribution is -2.34. The highest BCUT2D eigenvalue weighted by molar-refractivity contribution is 6.39. The van der Waals surface area contributed by atoms with E-state index in [1.807, 2.05) is 30.3 Å². The highest BCUT2D eigenvalue weighted by atomic mass is 19.1. The number of fused-ring (bicyclic) bond motifs is 1. The molecule has 0 aliphatic rings. The molecule has 0 fully saturated rings. The summed E-state index contributed by atoms with van der Waals surface area (Å²) in [6.45, 7) is 0.117. The molecule has 194 valence electrons. The highest BCUT2D eigenvalue weighted by Gasteiger charge is 2.25. The van der Waals surface area contributed by atoms with Crippen molar-refractivity contribution in [2.45, 2.75) is 13.0 Å². The summed E-state index contributed by atoms with van der Waals surface area (Å²) in [5.74, 6) is -2.88. The summed E-state index contributed by atoms with van der Waals surface area (Å²) in [6.07, 6.45) is 2.00. The number of aromatic nitrogens is 2. The highest BCUT2D eigenvalue weighted by Crippen LogP contribution is 2.34. The van der Waals surface area contributed by atoms with E-state index in [0.29, 0.717) is 11.8 Å². The van der Waals surface area contributed by atoms with E-state index in [1.54, 1.807) is 24.4 Å². The van der Waals surface area contributed by atoms with Crippen LogP contribution in [-0.2, 0) is 27.4 Å². The fraction of sp³-hybridized carbons (Fsp3) is 0.179. The predicted octanol–water partition coefficient (Wildman–Crippen LogP) is 3.75. The largest absolute Gasteiger partial charge is 0.484 e. The number of anilines is 1. The summed E-state index contributed by atoms with van der Waals surface area (Å²) in [6, 6.07) is 17.1. The van der Waals surface area contributed by atoms with Gasteiger partial charge in [-0.25, -0.2) is 14.2 Å². The number of nitrogens with one attached hydrogen (secondary N) is 1. The van der Waals surface area contributed by atoms with Gasteiger partial charge in [0.15, 0.2) is 11.4 Å². The number of ether oxygens (including phenoxy) is 2. The van der Waals surface area contributed by atoms with Crippen LogP contribution in [0.2, 0.25) is 0 Å². The Morgan fingerprint density at radius 3 is 2.34 bits per heavy atom. The molecule has 0 bridgehead atoms. The molecule has 0 aliphatic heterocycles. The number of pyridine rings is 2. The third kappa shape index (κ3) is 5.92. The summed E-state index contributed by atoms with van der Waals surface area (Å²) in [7, 11) is 4.08. The first-order chi connectivity index (χ1) is 18.3. The quantitative estimate of drug-likeness (QED) is 0.294. The van der Waals surface area contributed by atoms with Crippen LogP contribution in [-0.4, -0.2) is 53.9 Å². The average Bonchev–Trinajstić information content (AvgIpc) is 2.93. The lowest BCUT2D eigenvalue weighted by atomic mass is 10.0. The standard InChI is InChI=1S/C28H25FN4O5/c1-33(2)27(35)26(34)32-25-21-14-19(13-17-9-11-20(29)12-10-17)15-30-22(21)24(23(31-25)28(36)37-3)38-16-18-7-5-4-6-8-18/h4-12,14-15H,13,16H2,1-3H3,(H,31,32,34). The normalized spacial score (nSPS) is 10.6. The first kappa shape index (κ1) is 26.2. The van der Waals surface area contributed by atoms with Crippen LogP contribution in [0.4, 0.5) is 10.2 Å². The minimum atomic E-state index is -0.943. The number of methoxy groups -OCH3 is 1. The van der Waals surface area contributed by atoms with E-state index in [0.717, 1.165) is 21.6 Å². The molecule has 0 radical (unpaired) electrons. The number of esters is 1. The summed E-state index contributed by atoms with van der Waals surface area (Å²) >= 11 is 0. The van der Waals surface area contributed by atoms with Gasteiger partial charge in [0.25, 0.3) is 0 Å². The molecule has 4 rings (SSSR count). The van der Waals surface area contributed by atoms with Gasteiger partial charge in [-0.15, -0.1) is 0 Å². The van der Waals surface area contributed by atoms with E-state index < -0.39 is 17.8 Å². The van der Waals surface area contributed by atoms with E-state index in [-0.39, 0.29) is 35.2 Å². The molecule has 0 saturated carbocycles. The monoisotopic (exact) mass is 516 g/mol. The topological polar surface area (TPSA) is 111 Å². The number of hydrogen-bond donors (Lipinski definition) is 1. The zero-order valence-electron chi connectivity index (χ0n) is 21.0. The second-order valence-corrected chi connectivity index (χ2v) is 8.60. The third-order valence-electron chi connectivity index (χ3n) is 5.61. The molecule has 9 nitrogen and oxygen atoms in total. The van der Waals surface area contributed by atoms with Crippen LogP contribution in [0.3, 0.4) is 0 Å². The molecule has 2 heterocycles. The Kier molecular flexibility index (Phi) is 7.91. The molecule has 0 spiro atoms. The van der Waals surface area contributed by atoms with Gasteiger partial charge in [0.05, 0.1) is 7.11 Å². The Labute approximate surface area is 218 Å². The second-order valence-electron chi connectivity index (χ2n) is 8.60. The van der Waals surface area contributed by atoms with Crippen molar-refractivity contribution in [3.63, 3.8) is 0 Å². The number of benzene rings is 2. The molecule has 0 unspecified atom stereocenters. The molecule has 10 heteroatoms. The van der Waals surface area contributed by atoms with Gasteiger partial charge < -0.3 is 19.7 Å². The Morgan fingerprint density at radius 1 is 0.974 bits per heavy atom. The Bertz CT molecular complexity index is 1490. The molecule has 0 aliphatic carbocycles. The van der Waals surface area contributed by atoms with Gasteiger partial charge in [0.2, 0.25) is 0 Å². The Morgan fingerprint density at radius 2 is 1.68 bits per heavy atom. The molecular weight excluding hydrogens is 491 g/mol. The van der Waals surface area contributed by atoms with Gasteiger partial charge in [-0.05, 0) is 41.3 Å². The molecule has 38 heavy (non-hydrogen) atoms. The van der Waals surface area contributed by atoms with Crippen molar-refractivity contribution in [2.75, 3.05) is 26.5 Å².